The predicted octanol–water partition coefficient (Wildman–Crippen LogP) is 0.628. The topological polar surface area (TPSA) is 63.6 Å². The summed E-state index contributed by atoms with van der Waals surface area (Å²) in [5.41, 5.74) is 0. The van der Waals surface area contributed by atoms with Crippen molar-refractivity contribution in [2.24, 2.45) is 0 Å². The number of carboxylic acid groups (broad SMARTS) is 1. The quantitative estimate of drug-likeness (QED) is 0.617. The fourth-order valence-corrected chi connectivity index (χ4v) is 1.88. The van der Waals surface area contributed by atoms with Gasteiger partial charge in [0.2, 0.25) is 8.03 Å². The molecule has 0 radical (unpaired) electrons. The van der Waals surface area contributed by atoms with Gasteiger partial charge in [0.25, 0.3) is 0 Å². The molecule has 2 unspecified atom stereocenters. The van der Waals surface area contributed by atoms with Crippen molar-refractivity contribution in [1.82, 2.24) is 0 Å². The van der Waals surface area contributed by atoms with Gasteiger partial charge in [0.1, 0.15) is 0 Å². The molecule has 0 spiro atoms. The maximum absolute atomic E-state index is 11.5. The van der Waals surface area contributed by atoms with Gasteiger partial charge in [0.15, 0.2) is 6.10 Å². The molecule has 0 saturated carbocycles. The third kappa shape index (κ3) is 4.96. The van der Waals surface area contributed by atoms with E-state index in [4.69, 9.17) is 9.63 Å². The van der Waals surface area contributed by atoms with E-state index in [-0.39, 0.29) is 29.6 Å². The standard InChI is InChI=1S/C9H11O4P.Na.H/c1-7(9(10)11)13-14(12)8-5-3-2-4-6-8;;/h2-7,14H,1H3,(H,10,11);;. The van der Waals surface area contributed by atoms with Gasteiger partial charge >= 0.3 is 35.5 Å². The van der Waals surface area contributed by atoms with Crippen molar-refractivity contribution >= 4 is 48.9 Å². The number of carbonyl (C=O) groups is 1. The van der Waals surface area contributed by atoms with Crippen LogP contribution in [0.1, 0.15) is 6.92 Å². The van der Waals surface area contributed by atoms with Crippen molar-refractivity contribution in [3.8, 4) is 0 Å². The number of carboxylic acids is 1. The van der Waals surface area contributed by atoms with Gasteiger partial charge in [0, 0.05) is 5.30 Å². The molecule has 15 heavy (non-hydrogen) atoms. The number of rotatable bonds is 4. The van der Waals surface area contributed by atoms with E-state index >= 15 is 0 Å². The minimum absolute atomic E-state index is 0. The first kappa shape index (κ1) is 14.9. The molecule has 0 aliphatic heterocycles. The summed E-state index contributed by atoms with van der Waals surface area (Å²) in [6.07, 6.45) is -1.04. The molecule has 1 rings (SSSR count). The summed E-state index contributed by atoms with van der Waals surface area (Å²) in [7, 11) is -2.44. The third-order valence-corrected chi connectivity index (χ3v) is 3.01. The van der Waals surface area contributed by atoms with Crippen molar-refractivity contribution in [3.63, 3.8) is 0 Å². The first-order valence-electron chi connectivity index (χ1n) is 4.10. The normalized spacial score (nSPS) is 13.7. The van der Waals surface area contributed by atoms with Crippen LogP contribution in [0.15, 0.2) is 30.3 Å². The number of hydrogen-bond acceptors (Lipinski definition) is 3. The maximum atomic E-state index is 11.5. The molecule has 1 aromatic carbocycles. The van der Waals surface area contributed by atoms with E-state index in [1.165, 1.54) is 6.92 Å². The Kier molecular flexibility index (Phi) is 7.14. The van der Waals surface area contributed by atoms with Crippen LogP contribution in [-0.2, 0) is 13.9 Å². The van der Waals surface area contributed by atoms with Crippen molar-refractivity contribution in [2.45, 2.75) is 13.0 Å². The van der Waals surface area contributed by atoms with Crippen molar-refractivity contribution in [3.05, 3.63) is 30.3 Å². The Labute approximate surface area is 111 Å². The van der Waals surface area contributed by atoms with Gasteiger partial charge in [-0.2, -0.15) is 0 Å². The first-order chi connectivity index (χ1) is 6.61. The molecule has 0 amide bonds. The number of aliphatic carboxylic acids is 1. The van der Waals surface area contributed by atoms with Gasteiger partial charge in [0.05, 0.1) is 0 Å². The van der Waals surface area contributed by atoms with Gasteiger partial charge in [-0.25, -0.2) is 4.79 Å². The van der Waals surface area contributed by atoms with Crippen molar-refractivity contribution < 1.29 is 19.0 Å². The SMILES string of the molecule is CC(O[PH](=O)c1ccccc1)C(=O)O.[NaH]. The van der Waals surface area contributed by atoms with Crippen LogP contribution < -0.4 is 5.30 Å². The average molecular weight is 238 g/mol. The van der Waals surface area contributed by atoms with Gasteiger partial charge in [-0.15, -0.1) is 0 Å². The summed E-state index contributed by atoms with van der Waals surface area (Å²) in [6, 6.07) is 8.55. The van der Waals surface area contributed by atoms with Gasteiger partial charge in [-0.05, 0) is 19.1 Å². The molecule has 0 saturated heterocycles. The molecule has 0 aliphatic rings. The van der Waals surface area contributed by atoms with E-state index in [9.17, 15) is 9.36 Å². The predicted molar refractivity (Wildman–Crippen MR) is 60.4 cm³/mol. The van der Waals surface area contributed by atoms with E-state index in [2.05, 4.69) is 0 Å². The van der Waals surface area contributed by atoms with Crippen LogP contribution >= 0.6 is 8.03 Å². The van der Waals surface area contributed by atoms with Gasteiger partial charge in [-0.3, -0.25) is 4.57 Å². The van der Waals surface area contributed by atoms with E-state index in [0.717, 1.165) is 0 Å². The zero-order chi connectivity index (χ0) is 10.6. The molecule has 0 aliphatic carbocycles. The second-order valence-electron chi connectivity index (χ2n) is 2.75. The Hall–Kier alpha value is -0.120. The zero-order valence-corrected chi connectivity index (χ0v) is 8.64. The fraction of sp³-hybridized carbons (Fsp3) is 0.222. The molecule has 1 N–H and O–H groups in total. The molecule has 0 heterocycles. The van der Waals surface area contributed by atoms with E-state index < -0.39 is 20.1 Å². The molecule has 0 fully saturated rings. The Morgan fingerprint density at radius 2 is 1.93 bits per heavy atom. The van der Waals surface area contributed by atoms with E-state index in [1.807, 2.05) is 0 Å². The first-order valence-corrected chi connectivity index (χ1v) is 5.41. The van der Waals surface area contributed by atoms with Gasteiger partial charge in [-0.1, -0.05) is 18.2 Å². The molecule has 1 aromatic rings. The molecule has 2 atom stereocenters. The summed E-state index contributed by atoms with van der Waals surface area (Å²) in [5, 5.41) is 9.06. The zero-order valence-electron chi connectivity index (χ0n) is 7.64. The minimum atomic E-state index is -2.44. The second kappa shape index (κ2) is 7.20. The number of benzene rings is 1. The molecular weight excluding hydrogens is 226 g/mol. The van der Waals surface area contributed by atoms with Gasteiger partial charge < -0.3 is 9.63 Å². The van der Waals surface area contributed by atoms with Crippen LogP contribution in [0, 0.1) is 0 Å². The molecule has 78 valence electrons. The van der Waals surface area contributed by atoms with Crippen LogP contribution in [0.4, 0.5) is 0 Å². The molecule has 0 bridgehead atoms. The summed E-state index contributed by atoms with van der Waals surface area (Å²) in [5.74, 6) is -1.11. The third-order valence-electron chi connectivity index (χ3n) is 1.64. The van der Waals surface area contributed by atoms with E-state index in [0.29, 0.717) is 5.30 Å². The van der Waals surface area contributed by atoms with Crippen LogP contribution in [0.3, 0.4) is 0 Å². The molecular formula is C9H12NaO4P. The summed E-state index contributed by atoms with van der Waals surface area (Å²) >= 11 is 0. The Bertz CT molecular complexity index is 341. The van der Waals surface area contributed by atoms with Crippen LogP contribution in [0.25, 0.3) is 0 Å². The molecule has 6 heteroatoms. The van der Waals surface area contributed by atoms with E-state index in [1.54, 1.807) is 30.3 Å². The Balaban J connectivity index is 0.00000196. The van der Waals surface area contributed by atoms with Crippen LogP contribution in [-0.4, -0.2) is 46.7 Å². The van der Waals surface area contributed by atoms with Crippen molar-refractivity contribution in [1.29, 1.82) is 0 Å². The Morgan fingerprint density at radius 3 is 2.40 bits per heavy atom. The summed E-state index contributed by atoms with van der Waals surface area (Å²) in [6.45, 7) is 1.36. The second-order valence-corrected chi connectivity index (χ2v) is 4.14. The van der Waals surface area contributed by atoms with Crippen LogP contribution in [0.5, 0.6) is 0 Å². The average Bonchev–Trinajstić information content (AvgIpc) is 2.19. The van der Waals surface area contributed by atoms with Crippen LogP contribution in [0.2, 0.25) is 0 Å². The number of hydrogen-bond donors (Lipinski definition) is 1. The molecule has 0 aromatic heterocycles. The summed E-state index contributed by atoms with van der Waals surface area (Å²) < 4.78 is 16.3. The monoisotopic (exact) mass is 238 g/mol. The molecule has 4 nitrogen and oxygen atoms in total. The summed E-state index contributed by atoms with van der Waals surface area (Å²) in [4.78, 5) is 10.4. The Morgan fingerprint density at radius 1 is 1.40 bits per heavy atom. The fourth-order valence-electron chi connectivity index (χ4n) is 0.853. The van der Waals surface area contributed by atoms with Crippen molar-refractivity contribution in [2.75, 3.05) is 0 Å².